The highest BCUT2D eigenvalue weighted by molar-refractivity contribution is 7.89. The maximum Gasteiger partial charge on any atom is 0.450 e. The zero-order valence-corrected chi connectivity index (χ0v) is 11.8. The van der Waals surface area contributed by atoms with E-state index in [0.29, 0.717) is 5.56 Å². The van der Waals surface area contributed by atoms with Gasteiger partial charge in [-0.3, -0.25) is 9.79 Å². The number of nitrogens with zero attached hydrogens (tertiary/aromatic N) is 1. The van der Waals surface area contributed by atoms with Crippen molar-refractivity contribution in [2.45, 2.75) is 31.0 Å². The van der Waals surface area contributed by atoms with Crippen LogP contribution in [0.2, 0.25) is 0 Å². The summed E-state index contributed by atoms with van der Waals surface area (Å²) >= 11 is 0. The summed E-state index contributed by atoms with van der Waals surface area (Å²) in [4.78, 5) is 14.5. The molecule has 0 aliphatic rings. The topological polar surface area (TPSA) is 89.6 Å². The lowest BCUT2D eigenvalue weighted by Crippen LogP contribution is -2.24. The molecule has 0 aliphatic heterocycles. The smallest absolute Gasteiger partial charge is 0.289 e. The monoisotopic (exact) mass is 322 g/mol. The SMILES string of the molecule is CC(CC(=O)C(F)(F)F)=NCc1ccc(S(N)(=O)=O)cc1. The highest BCUT2D eigenvalue weighted by Gasteiger charge is 2.37. The third kappa shape index (κ3) is 5.64. The van der Waals surface area contributed by atoms with Gasteiger partial charge in [0.25, 0.3) is 0 Å². The molecular formula is C12H13F3N2O3S. The first-order chi connectivity index (χ1) is 9.50. The zero-order valence-electron chi connectivity index (χ0n) is 11.0. The third-order valence-corrected chi connectivity index (χ3v) is 3.45. The number of benzene rings is 1. The maximum absolute atomic E-state index is 12.1. The van der Waals surface area contributed by atoms with Crippen LogP contribution in [-0.2, 0) is 21.4 Å². The minimum atomic E-state index is -4.87. The molecule has 0 unspecified atom stereocenters. The molecular weight excluding hydrogens is 309 g/mol. The van der Waals surface area contributed by atoms with Gasteiger partial charge in [-0.1, -0.05) is 12.1 Å². The number of aliphatic imine (C=N–C) groups is 1. The van der Waals surface area contributed by atoms with Crippen molar-refractivity contribution in [2.24, 2.45) is 10.1 Å². The van der Waals surface area contributed by atoms with Crippen LogP contribution in [0.3, 0.4) is 0 Å². The molecule has 0 radical (unpaired) electrons. The van der Waals surface area contributed by atoms with Gasteiger partial charge in [-0.15, -0.1) is 0 Å². The Morgan fingerprint density at radius 2 is 1.76 bits per heavy atom. The van der Waals surface area contributed by atoms with Crippen LogP contribution in [0.25, 0.3) is 0 Å². The quantitative estimate of drug-likeness (QED) is 0.838. The van der Waals surface area contributed by atoms with E-state index in [1.54, 1.807) is 0 Å². The highest BCUT2D eigenvalue weighted by atomic mass is 32.2. The van der Waals surface area contributed by atoms with E-state index in [0.717, 1.165) is 0 Å². The fourth-order valence-electron chi connectivity index (χ4n) is 1.40. The van der Waals surface area contributed by atoms with Crippen molar-refractivity contribution in [3.05, 3.63) is 29.8 Å². The number of ketones is 1. The molecule has 1 aromatic carbocycles. The average molecular weight is 322 g/mol. The van der Waals surface area contributed by atoms with Gasteiger partial charge in [-0.25, -0.2) is 13.6 Å². The molecule has 21 heavy (non-hydrogen) atoms. The molecule has 1 aromatic rings. The summed E-state index contributed by atoms with van der Waals surface area (Å²) in [6.07, 6.45) is -5.66. The Morgan fingerprint density at radius 3 is 2.19 bits per heavy atom. The van der Waals surface area contributed by atoms with Crippen molar-refractivity contribution < 1.29 is 26.4 Å². The van der Waals surface area contributed by atoms with Crippen molar-refractivity contribution in [2.75, 3.05) is 0 Å². The summed E-state index contributed by atoms with van der Waals surface area (Å²) in [5.74, 6) is -1.85. The number of hydrogen-bond acceptors (Lipinski definition) is 4. The molecule has 0 heterocycles. The van der Waals surface area contributed by atoms with E-state index in [-0.39, 0.29) is 17.2 Å². The Balaban J connectivity index is 2.70. The van der Waals surface area contributed by atoms with Gasteiger partial charge in [-0.05, 0) is 24.6 Å². The Kier molecular flexibility index (Phi) is 5.24. The molecule has 5 nitrogen and oxygen atoms in total. The van der Waals surface area contributed by atoms with E-state index in [4.69, 9.17) is 5.14 Å². The first-order valence-corrected chi connectivity index (χ1v) is 7.26. The van der Waals surface area contributed by atoms with Crippen molar-refractivity contribution in [1.82, 2.24) is 0 Å². The van der Waals surface area contributed by atoms with E-state index in [2.05, 4.69) is 4.99 Å². The standard InChI is InChI=1S/C12H13F3N2O3S/c1-8(6-11(18)12(13,14)15)17-7-9-2-4-10(5-3-9)21(16,19)20/h2-5H,6-7H2,1H3,(H2,16,19,20). The molecule has 0 saturated heterocycles. The fraction of sp³-hybridized carbons (Fsp3) is 0.333. The second-order valence-electron chi connectivity index (χ2n) is 4.34. The molecule has 0 aliphatic carbocycles. The summed E-state index contributed by atoms with van der Waals surface area (Å²) < 4.78 is 58.2. The Morgan fingerprint density at radius 1 is 1.24 bits per heavy atom. The molecule has 0 atom stereocenters. The molecule has 0 spiro atoms. The van der Waals surface area contributed by atoms with Crippen LogP contribution in [-0.4, -0.2) is 26.1 Å². The number of carbonyl (C=O) groups is 1. The number of alkyl halides is 3. The molecule has 1 rings (SSSR count). The molecule has 2 N–H and O–H groups in total. The van der Waals surface area contributed by atoms with Crippen molar-refractivity contribution in [1.29, 1.82) is 0 Å². The number of rotatable bonds is 5. The van der Waals surface area contributed by atoms with Crippen molar-refractivity contribution in [3.8, 4) is 0 Å². The second kappa shape index (κ2) is 6.35. The van der Waals surface area contributed by atoms with E-state index in [9.17, 15) is 26.4 Å². The van der Waals surface area contributed by atoms with E-state index in [1.807, 2.05) is 0 Å². The van der Waals surface area contributed by atoms with Gasteiger partial charge in [-0.2, -0.15) is 13.2 Å². The predicted octanol–water partition coefficient (Wildman–Crippen LogP) is 1.82. The van der Waals surface area contributed by atoms with Gasteiger partial charge >= 0.3 is 6.18 Å². The van der Waals surface area contributed by atoms with Crippen LogP contribution in [0.4, 0.5) is 13.2 Å². The van der Waals surface area contributed by atoms with Gasteiger partial charge in [0.15, 0.2) is 0 Å². The summed E-state index contributed by atoms with van der Waals surface area (Å²) in [5.41, 5.74) is 0.633. The number of Topliss-reactive ketones (excluding diaryl/α,β-unsaturated/α-hetero) is 1. The summed E-state index contributed by atoms with van der Waals surface area (Å²) in [6.45, 7) is 1.37. The van der Waals surface area contributed by atoms with E-state index >= 15 is 0 Å². The number of sulfonamides is 1. The van der Waals surface area contributed by atoms with Crippen molar-refractivity contribution >= 4 is 21.5 Å². The Bertz CT molecular complexity index is 649. The van der Waals surface area contributed by atoms with Gasteiger partial charge in [0.2, 0.25) is 15.8 Å². The number of carbonyl (C=O) groups excluding carboxylic acids is 1. The average Bonchev–Trinajstić information content (AvgIpc) is 2.34. The van der Waals surface area contributed by atoms with Crippen LogP contribution in [0.1, 0.15) is 18.9 Å². The van der Waals surface area contributed by atoms with Gasteiger partial charge in [0.05, 0.1) is 17.9 Å². The first kappa shape index (κ1) is 17.3. The lowest BCUT2D eigenvalue weighted by atomic mass is 10.2. The molecule has 0 saturated carbocycles. The molecule has 0 amide bonds. The third-order valence-electron chi connectivity index (χ3n) is 2.52. The minimum absolute atomic E-state index is 0.0435. The second-order valence-corrected chi connectivity index (χ2v) is 5.90. The Hall–Kier alpha value is -1.74. The minimum Gasteiger partial charge on any atom is -0.289 e. The normalized spacial score (nSPS) is 13.3. The Labute approximate surface area is 119 Å². The zero-order chi connectivity index (χ0) is 16.3. The number of nitrogens with two attached hydrogens (primary N) is 1. The molecule has 116 valence electrons. The number of halogens is 3. The van der Waals surface area contributed by atoms with Crippen LogP contribution in [0, 0.1) is 0 Å². The van der Waals surface area contributed by atoms with Gasteiger partial charge < -0.3 is 0 Å². The van der Waals surface area contributed by atoms with Crippen LogP contribution in [0.5, 0.6) is 0 Å². The van der Waals surface area contributed by atoms with Crippen LogP contribution < -0.4 is 5.14 Å². The van der Waals surface area contributed by atoms with Gasteiger partial charge in [0, 0.05) is 5.71 Å². The first-order valence-electron chi connectivity index (χ1n) is 5.72. The van der Waals surface area contributed by atoms with Crippen LogP contribution in [0.15, 0.2) is 34.2 Å². The van der Waals surface area contributed by atoms with Gasteiger partial charge in [0.1, 0.15) is 0 Å². The largest absolute Gasteiger partial charge is 0.450 e. The molecule has 0 fully saturated rings. The summed E-state index contributed by atoms with van der Waals surface area (Å²) in [7, 11) is -3.79. The highest BCUT2D eigenvalue weighted by Crippen LogP contribution is 2.18. The van der Waals surface area contributed by atoms with E-state index in [1.165, 1.54) is 31.2 Å². The molecule has 0 bridgehead atoms. The van der Waals surface area contributed by atoms with Crippen LogP contribution >= 0.6 is 0 Å². The number of hydrogen-bond donors (Lipinski definition) is 1. The summed E-state index contributed by atoms with van der Waals surface area (Å²) in [6, 6.07) is 5.44. The fourth-order valence-corrected chi connectivity index (χ4v) is 1.91. The van der Waals surface area contributed by atoms with Crippen molar-refractivity contribution in [3.63, 3.8) is 0 Å². The lowest BCUT2D eigenvalue weighted by molar-refractivity contribution is -0.169. The predicted molar refractivity (Wildman–Crippen MR) is 70.3 cm³/mol. The lowest BCUT2D eigenvalue weighted by Gasteiger charge is -2.05. The molecule has 9 heteroatoms. The summed E-state index contributed by atoms with van der Waals surface area (Å²) in [5, 5.41) is 4.93. The molecule has 0 aromatic heterocycles. The van der Waals surface area contributed by atoms with E-state index < -0.39 is 28.4 Å². The maximum atomic E-state index is 12.1. The number of primary sulfonamides is 1.